The number of hydrogen-bond acceptors (Lipinski definition) is 6. The van der Waals surface area contributed by atoms with Crippen LogP contribution in [-0.4, -0.2) is 35.3 Å². The lowest BCUT2D eigenvalue weighted by atomic mass is 9.95. The average Bonchev–Trinajstić information content (AvgIpc) is 2.89. The summed E-state index contributed by atoms with van der Waals surface area (Å²) in [6.45, 7) is 3.33. The molecule has 0 spiro atoms. The number of amides is 3. The third kappa shape index (κ3) is 17.7. The fourth-order valence-electron chi connectivity index (χ4n) is 3.64. The van der Waals surface area contributed by atoms with E-state index in [1.807, 2.05) is 48.5 Å². The Labute approximate surface area is 230 Å². The molecule has 0 heterocycles. The lowest BCUT2D eigenvalue weighted by Crippen LogP contribution is -2.36. The first-order valence-corrected chi connectivity index (χ1v) is 13.0. The predicted molar refractivity (Wildman–Crippen MR) is 149 cm³/mol. The molecule has 39 heavy (non-hydrogen) atoms. The lowest BCUT2D eigenvalue weighted by Gasteiger charge is -2.22. The third-order valence-corrected chi connectivity index (χ3v) is 5.42. The number of rotatable bonds is 9. The summed E-state index contributed by atoms with van der Waals surface area (Å²) in [6, 6.07) is 20.7. The van der Waals surface area contributed by atoms with Gasteiger partial charge in [0, 0.05) is 18.3 Å². The van der Waals surface area contributed by atoms with Crippen molar-refractivity contribution in [3.8, 4) is 6.07 Å². The molecule has 1 saturated carbocycles. The highest BCUT2D eigenvalue weighted by Crippen LogP contribution is 2.17. The van der Waals surface area contributed by atoms with Gasteiger partial charge in [-0.15, -0.1) is 0 Å². The van der Waals surface area contributed by atoms with Gasteiger partial charge in [0.25, 0.3) is 0 Å². The normalized spacial score (nSPS) is 12.1. The van der Waals surface area contributed by atoms with Crippen molar-refractivity contribution in [2.45, 2.75) is 77.8 Å². The molecule has 2 aromatic carbocycles. The standard InChI is InChI=1S/C11H13NO2.C10H17NO2.C9H8N2O/c1-9(13)7-11(14)12-8-10-5-3-2-4-6-10;1-8(12)7-10(13)11-9-5-3-2-4-6-9;10-7-6-9(12)11-8-4-2-1-3-5-8/h2-6H,7-8H2,1H3,(H,12,14);9H,2-7H2,1H3,(H,11,13);1-5H,6H2,(H,11,12). The molecule has 9 nitrogen and oxygen atoms in total. The van der Waals surface area contributed by atoms with Gasteiger partial charge in [-0.2, -0.15) is 5.26 Å². The first-order chi connectivity index (χ1) is 18.7. The monoisotopic (exact) mass is 534 g/mol. The quantitative estimate of drug-likeness (QED) is 0.410. The summed E-state index contributed by atoms with van der Waals surface area (Å²) in [5.74, 6) is -0.784. The maximum Gasteiger partial charge on any atom is 0.238 e. The lowest BCUT2D eigenvalue weighted by molar-refractivity contribution is -0.129. The molecule has 3 amide bonds. The summed E-state index contributed by atoms with van der Waals surface area (Å²) in [7, 11) is 0. The molecule has 0 unspecified atom stereocenters. The van der Waals surface area contributed by atoms with E-state index in [1.54, 1.807) is 18.2 Å². The number of anilines is 1. The number of carbonyl (C=O) groups excluding carboxylic acids is 5. The van der Waals surface area contributed by atoms with Crippen molar-refractivity contribution in [1.82, 2.24) is 10.6 Å². The first kappa shape index (κ1) is 32.7. The van der Waals surface area contributed by atoms with Crippen LogP contribution in [0.2, 0.25) is 0 Å². The van der Waals surface area contributed by atoms with Crippen LogP contribution < -0.4 is 16.0 Å². The minimum atomic E-state index is -0.274. The molecule has 1 fully saturated rings. The van der Waals surface area contributed by atoms with Crippen molar-refractivity contribution in [2.24, 2.45) is 0 Å². The summed E-state index contributed by atoms with van der Waals surface area (Å²) >= 11 is 0. The Balaban J connectivity index is 0.000000293. The number of nitriles is 1. The molecule has 0 aromatic heterocycles. The van der Waals surface area contributed by atoms with Gasteiger partial charge in [0.15, 0.2) is 0 Å². The SMILES string of the molecule is CC(=O)CC(=O)NC1CCCCC1.CC(=O)CC(=O)NCc1ccccc1.N#CCC(=O)Nc1ccccc1. The van der Waals surface area contributed by atoms with Gasteiger partial charge in [-0.3, -0.25) is 24.0 Å². The van der Waals surface area contributed by atoms with E-state index in [4.69, 9.17) is 5.26 Å². The Morgan fingerprint density at radius 3 is 1.85 bits per heavy atom. The molecular weight excluding hydrogens is 496 g/mol. The van der Waals surface area contributed by atoms with Crippen molar-refractivity contribution in [2.75, 3.05) is 5.32 Å². The fraction of sp³-hybridized carbons (Fsp3) is 0.400. The van der Waals surface area contributed by atoms with Crippen LogP contribution in [0, 0.1) is 11.3 Å². The Bertz CT molecular complexity index is 1090. The van der Waals surface area contributed by atoms with Crippen LogP contribution in [0.15, 0.2) is 60.7 Å². The van der Waals surface area contributed by atoms with Gasteiger partial charge in [-0.05, 0) is 44.4 Å². The van der Waals surface area contributed by atoms with Crippen LogP contribution in [0.5, 0.6) is 0 Å². The maximum absolute atomic E-state index is 11.2. The van der Waals surface area contributed by atoms with Gasteiger partial charge in [0.1, 0.15) is 18.0 Å². The highest BCUT2D eigenvalue weighted by atomic mass is 16.2. The molecule has 0 bridgehead atoms. The van der Waals surface area contributed by atoms with E-state index in [0.29, 0.717) is 12.6 Å². The second-order valence-electron chi connectivity index (χ2n) is 9.17. The number of ketones is 2. The molecular formula is C30H38N4O5. The van der Waals surface area contributed by atoms with Gasteiger partial charge in [0.2, 0.25) is 17.7 Å². The van der Waals surface area contributed by atoms with Gasteiger partial charge >= 0.3 is 0 Å². The van der Waals surface area contributed by atoms with E-state index < -0.39 is 0 Å². The van der Waals surface area contributed by atoms with Crippen LogP contribution in [0.1, 0.15) is 70.8 Å². The number of para-hydroxylation sites is 1. The second kappa shape index (κ2) is 19.7. The van der Waals surface area contributed by atoms with Crippen molar-refractivity contribution in [3.05, 3.63) is 66.2 Å². The van der Waals surface area contributed by atoms with Crippen LogP contribution in [0.25, 0.3) is 0 Å². The maximum atomic E-state index is 11.2. The Morgan fingerprint density at radius 1 is 0.769 bits per heavy atom. The summed E-state index contributed by atoms with van der Waals surface area (Å²) < 4.78 is 0. The van der Waals surface area contributed by atoms with Crippen LogP contribution >= 0.6 is 0 Å². The molecule has 1 aliphatic rings. The highest BCUT2D eigenvalue weighted by molar-refractivity contribution is 5.97. The van der Waals surface area contributed by atoms with Gasteiger partial charge in [-0.1, -0.05) is 67.8 Å². The van der Waals surface area contributed by atoms with Crippen molar-refractivity contribution >= 4 is 35.0 Å². The highest BCUT2D eigenvalue weighted by Gasteiger charge is 2.16. The zero-order valence-electron chi connectivity index (χ0n) is 22.7. The molecule has 3 N–H and O–H groups in total. The Morgan fingerprint density at radius 2 is 1.31 bits per heavy atom. The number of benzene rings is 2. The van der Waals surface area contributed by atoms with Crippen molar-refractivity contribution < 1.29 is 24.0 Å². The van der Waals surface area contributed by atoms with Crippen LogP contribution in [-0.2, 0) is 30.5 Å². The number of hydrogen-bond donors (Lipinski definition) is 3. The molecule has 2 aromatic rings. The number of carbonyl (C=O) groups is 5. The predicted octanol–water partition coefficient (Wildman–Crippen LogP) is 4.24. The molecule has 0 radical (unpaired) electrons. The van der Waals surface area contributed by atoms with E-state index in [2.05, 4.69) is 16.0 Å². The average molecular weight is 535 g/mol. The molecule has 9 heteroatoms. The summed E-state index contributed by atoms with van der Waals surface area (Å²) in [6.07, 6.45) is 5.72. The van der Waals surface area contributed by atoms with E-state index in [1.165, 1.54) is 33.1 Å². The molecule has 0 atom stereocenters. The zero-order valence-corrected chi connectivity index (χ0v) is 22.7. The minimum Gasteiger partial charge on any atom is -0.353 e. The molecule has 208 valence electrons. The van der Waals surface area contributed by atoms with Gasteiger partial charge in [0.05, 0.1) is 18.9 Å². The smallest absolute Gasteiger partial charge is 0.238 e. The molecule has 0 saturated heterocycles. The van der Waals surface area contributed by atoms with E-state index >= 15 is 0 Å². The van der Waals surface area contributed by atoms with Crippen molar-refractivity contribution in [3.63, 3.8) is 0 Å². The minimum absolute atomic E-state index is 0.0349. The second-order valence-corrected chi connectivity index (χ2v) is 9.17. The van der Waals surface area contributed by atoms with E-state index in [9.17, 15) is 24.0 Å². The van der Waals surface area contributed by atoms with Gasteiger partial charge < -0.3 is 16.0 Å². The zero-order chi connectivity index (χ0) is 28.9. The van der Waals surface area contributed by atoms with Gasteiger partial charge in [-0.25, -0.2) is 0 Å². The Hall–Kier alpha value is -4.32. The Kier molecular flexibility index (Phi) is 16.6. The first-order valence-electron chi connectivity index (χ1n) is 13.0. The fourth-order valence-corrected chi connectivity index (χ4v) is 3.64. The third-order valence-electron chi connectivity index (χ3n) is 5.42. The van der Waals surface area contributed by atoms with Crippen LogP contribution in [0.3, 0.4) is 0 Å². The molecule has 3 rings (SSSR count). The van der Waals surface area contributed by atoms with Crippen molar-refractivity contribution in [1.29, 1.82) is 5.26 Å². The number of nitrogens with zero attached hydrogens (tertiary/aromatic N) is 1. The largest absolute Gasteiger partial charge is 0.353 e. The topological polar surface area (TPSA) is 145 Å². The van der Waals surface area contributed by atoms with Crippen LogP contribution in [0.4, 0.5) is 5.69 Å². The summed E-state index contributed by atoms with van der Waals surface area (Å²) in [4.78, 5) is 54.4. The number of nitrogens with one attached hydrogen (secondary N) is 3. The summed E-state index contributed by atoms with van der Waals surface area (Å²) in [5, 5.41) is 16.3. The van der Waals surface area contributed by atoms with E-state index in [-0.39, 0.29) is 48.6 Å². The molecule has 1 aliphatic carbocycles. The summed E-state index contributed by atoms with van der Waals surface area (Å²) in [5.41, 5.74) is 1.75. The van der Waals surface area contributed by atoms with E-state index in [0.717, 1.165) is 24.1 Å². The number of Topliss-reactive ketones (excluding diaryl/α,β-unsaturated/α-hetero) is 2. The molecule has 0 aliphatic heterocycles.